The summed E-state index contributed by atoms with van der Waals surface area (Å²) in [4.78, 5) is 9.73. The van der Waals surface area contributed by atoms with Gasteiger partial charge < -0.3 is 5.73 Å². The minimum absolute atomic E-state index is 0.0339. The zero-order valence-electron chi connectivity index (χ0n) is 10.1. The number of benzene rings is 1. The highest BCUT2D eigenvalue weighted by Gasteiger charge is 2.20. The van der Waals surface area contributed by atoms with Crippen LogP contribution in [0, 0.1) is 10.1 Å². The summed E-state index contributed by atoms with van der Waals surface area (Å²) in [6, 6.07) is 5.10. The fourth-order valence-electron chi connectivity index (χ4n) is 1.52. The SMILES string of the molecule is Nc1ccc([N+](=O)[O-])cc1S(=O)(=O)NCc1ccsc1. The van der Waals surface area contributed by atoms with Crippen molar-refractivity contribution in [1.29, 1.82) is 0 Å². The van der Waals surface area contributed by atoms with E-state index in [0.717, 1.165) is 17.7 Å². The van der Waals surface area contributed by atoms with Crippen LogP contribution in [-0.2, 0) is 16.6 Å². The van der Waals surface area contributed by atoms with Crippen molar-refractivity contribution in [3.8, 4) is 0 Å². The molecule has 2 rings (SSSR count). The van der Waals surface area contributed by atoms with E-state index in [1.807, 2.05) is 5.38 Å². The topological polar surface area (TPSA) is 115 Å². The predicted molar refractivity (Wildman–Crippen MR) is 75.9 cm³/mol. The quantitative estimate of drug-likeness (QED) is 0.495. The van der Waals surface area contributed by atoms with E-state index < -0.39 is 14.9 Å². The van der Waals surface area contributed by atoms with Gasteiger partial charge in [-0.15, -0.1) is 0 Å². The normalized spacial score (nSPS) is 11.4. The van der Waals surface area contributed by atoms with Gasteiger partial charge in [-0.05, 0) is 28.5 Å². The smallest absolute Gasteiger partial charge is 0.270 e. The monoisotopic (exact) mass is 313 g/mol. The maximum Gasteiger partial charge on any atom is 0.270 e. The molecule has 0 fully saturated rings. The van der Waals surface area contributed by atoms with Gasteiger partial charge in [0, 0.05) is 18.7 Å². The average molecular weight is 313 g/mol. The van der Waals surface area contributed by atoms with Gasteiger partial charge in [0.15, 0.2) is 0 Å². The number of thiophene rings is 1. The molecule has 0 aliphatic heterocycles. The third kappa shape index (κ3) is 3.13. The zero-order valence-corrected chi connectivity index (χ0v) is 11.8. The van der Waals surface area contributed by atoms with Gasteiger partial charge in [0.1, 0.15) is 4.90 Å². The molecule has 9 heteroatoms. The van der Waals surface area contributed by atoms with Gasteiger partial charge in [0.2, 0.25) is 10.0 Å². The largest absolute Gasteiger partial charge is 0.398 e. The molecule has 0 bridgehead atoms. The van der Waals surface area contributed by atoms with Gasteiger partial charge in [0.05, 0.1) is 10.6 Å². The lowest BCUT2D eigenvalue weighted by Gasteiger charge is -2.08. The Morgan fingerprint density at radius 2 is 2.10 bits per heavy atom. The number of non-ortho nitro benzene ring substituents is 1. The van der Waals surface area contributed by atoms with Gasteiger partial charge in [0.25, 0.3) is 5.69 Å². The average Bonchev–Trinajstić information content (AvgIpc) is 2.89. The molecule has 7 nitrogen and oxygen atoms in total. The summed E-state index contributed by atoms with van der Waals surface area (Å²) in [7, 11) is -3.90. The van der Waals surface area contributed by atoms with Gasteiger partial charge >= 0.3 is 0 Å². The van der Waals surface area contributed by atoms with Crippen LogP contribution < -0.4 is 10.5 Å². The maximum absolute atomic E-state index is 12.1. The van der Waals surface area contributed by atoms with E-state index in [0.29, 0.717) is 0 Å². The van der Waals surface area contributed by atoms with Crippen LogP contribution in [0.2, 0.25) is 0 Å². The fraction of sp³-hybridized carbons (Fsp3) is 0.0909. The molecule has 0 atom stereocenters. The van der Waals surface area contributed by atoms with Gasteiger partial charge in [-0.3, -0.25) is 10.1 Å². The van der Waals surface area contributed by atoms with E-state index in [4.69, 9.17) is 5.73 Å². The Hall–Kier alpha value is -1.97. The number of nitrogen functional groups attached to an aromatic ring is 1. The number of nitro groups is 1. The lowest BCUT2D eigenvalue weighted by atomic mass is 10.3. The number of rotatable bonds is 5. The number of nitrogens with one attached hydrogen (secondary N) is 1. The third-order valence-electron chi connectivity index (χ3n) is 2.54. The molecule has 106 valence electrons. The highest BCUT2D eigenvalue weighted by Crippen LogP contribution is 2.24. The van der Waals surface area contributed by atoms with Crippen LogP contribution >= 0.6 is 11.3 Å². The van der Waals surface area contributed by atoms with Crippen LogP contribution in [0.4, 0.5) is 11.4 Å². The van der Waals surface area contributed by atoms with Crippen molar-refractivity contribution >= 4 is 32.7 Å². The Morgan fingerprint density at radius 3 is 2.70 bits per heavy atom. The third-order valence-corrected chi connectivity index (χ3v) is 4.73. The highest BCUT2D eigenvalue weighted by atomic mass is 32.2. The van der Waals surface area contributed by atoms with E-state index >= 15 is 0 Å². The Bertz CT molecular complexity index is 726. The minimum atomic E-state index is -3.90. The molecule has 0 amide bonds. The number of nitro benzene ring substituents is 1. The number of nitrogens with zero attached hydrogens (tertiary/aromatic N) is 1. The predicted octanol–water partition coefficient (Wildman–Crippen LogP) is 1.72. The molecule has 0 saturated heterocycles. The van der Waals surface area contributed by atoms with E-state index in [-0.39, 0.29) is 22.8 Å². The molecule has 0 radical (unpaired) electrons. The van der Waals surface area contributed by atoms with Crippen molar-refractivity contribution in [2.45, 2.75) is 11.4 Å². The summed E-state index contributed by atoms with van der Waals surface area (Å²) >= 11 is 1.45. The fourth-order valence-corrected chi connectivity index (χ4v) is 3.35. The van der Waals surface area contributed by atoms with E-state index in [1.54, 1.807) is 11.4 Å². The second-order valence-electron chi connectivity index (χ2n) is 3.94. The van der Waals surface area contributed by atoms with Crippen molar-refractivity contribution < 1.29 is 13.3 Å². The second-order valence-corrected chi connectivity index (χ2v) is 6.45. The second kappa shape index (κ2) is 5.57. The minimum Gasteiger partial charge on any atom is -0.398 e. The van der Waals surface area contributed by atoms with Crippen molar-refractivity contribution in [3.63, 3.8) is 0 Å². The van der Waals surface area contributed by atoms with E-state index in [9.17, 15) is 18.5 Å². The molecule has 0 aliphatic rings. The van der Waals surface area contributed by atoms with Crippen LogP contribution in [0.5, 0.6) is 0 Å². The Labute approximate surface area is 119 Å². The molecule has 0 aliphatic carbocycles. The lowest BCUT2D eigenvalue weighted by Crippen LogP contribution is -2.24. The molecular weight excluding hydrogens is 302 g/mol. The van der Waals surface area contributed by atoms with Gasteiger partial charge in [-0.1, -0.05) is 0 Å². The van der Waals surface area contributed by atoms with Crippen molar-refractivity contribution in [2.24, 2.45) is 0 Å². The first-order valence-electron chi connectivity index (χ1n) is 5.45. The molecule has 1 aromatic heterocycles. The lowest BCUT2D eigenvalue weighted by molar-refractivity contribution is -0.385. The number of anilines is 1. The van der Waals surface area contributed by atoms with Crippen LogP contribution in [0.15, 0.2) is 39.9 Å². The Balaban J connectivity index is 2.28. The van der Waals surface area contributed by atoms with Gasteiger partial charge in [-0.2, -0.15) is 11.3 Å². The van der Waals surface area contributed by atoms with Crippen LogP contribution in [0.25, 0.3) is 0 Å². The van der Waals surface area contributed by atoms with Crippen LogP contribution in [0.3, 0.4) is 0 Å². The van der Waals surface area contributed by atoms with Crippen molar-refractivity contribution in [1.82, 2.24) is 4.72 Å². The summed E-state index contributed by atoms with van der Waals surface area (Å²) in [6.45, 7) is 0.105. The molecule has 0 spiro atoms. The summed E-state index contributed by atoms with van der Waals surface area (Å²) in [6.07, 6.45) is 0. The van der Waals surface area contributed by atoms with Gasteiger partial charge in [-0.25, -0.2) is 13.1 Å². The summed E-state index contributed by atoms with van der Waals surface area (Å²) in [5.74, 6) is 0. The van der Waals surface area contributed by atoms with Crippen molar-refractivity contribution in [3.05, 3.63) is 50.7 Å². The first-order valence-corrected chi connectivity index (χ1v) is 7.87. The maximum atomic E-state index is 12.1. The number of nitrogens with two attached hydrogens (primary N) is 1. The Morgan fingerprint density at radius 1 is 1.35 bits per heavy atom. The summed E-state index contributed by atoms with van der Waals surface area (Å²) in [5.41, 5.74) is 6.04. The molecule has 3 N–H and O–H groups in total. The molecule has 2 aromatic rings. The summed E-state index contributed by atoms with van der Waals surface area (Å²) < 4.78 is 26.6. The van der Waals surface area contributed by atoms with Crippen LogP contribution in [-0.4, -0.2) is 13.3 Å². The zero-order chi connectivity index (χ0) is 14.8. The standard InChI is InChI=1S/C11H11N3O4S2/c12-10-2-1-9(14(15)16)5-11(10)20(17,18)13-6-8-3-4-19-7-8/h1-5,7,13H,6,12H2. The molecule has 1 heterocycles. The molecule has 1 aromatic carbocycles. The molecule has 20 heavy (non-hydrogen) atoms. The molecule has 0 unspecified atom stereocenters. The van der Waals surface area contributed by atoms with E-state index in [2.05, 4.69) is 4.72 Å². The summed E-state index contributed by atoms with van der Waals surface area (Å²) in [5, 5.41) is 14.3. The molecular formula is C11H11N3O4S2. The first-order chi connectivity index (χ1) is 9.40. The Kier molecular flexibility index (Phi) is 4.02. The molecule has 0 saturated carbocycles. The van der Waals surface area contributed by atoms with E-state index in [1.165, 1.54) is 17.4 Å². The number of sulfonamides is 1. The number of hydrogen-bond donors (Lipinski definition) is 2. The first kappa shape index (κ1) is 14.4. The highest BCUT2D eigenvalue weighted by molar-refractivity contribution is 7.89. The number of hydrogen-bond acceptors (Lipinski definition) is 6. The van der Waals surface area contributed by atoms with Crippen LogP contribution in [0.1, 0.15) is 5.56 Å². The van der Waals surface area contributed by atoms with Crippen molar-refractivity contribution in [2.75, 3.05) is 5.73 Å².